The molecule has 2 fully saturated rings. The summed E-state index contributed by atoms with van der Waals surface area (Å²) in [6.45, 7) is 3.13. The SMILES string of the molecule is CNC1CCN(CCC(=O)NC2CCCCC2)C1. The summed E-state index contributed by atoms with van der Waals surface area (Å²) in [4.78, 5) is 14.3. The van der Waals surface area contributed by atoms with E-state index < -0.39 is 0 Å². The van der Waals surface area contributed by atoms with Gasteiger partial charge in [0.1, 0.15) is 0 Å². The van der Waals surface area contributed by atoms with Gasteiger partial charge in [0.2, 0.25) is 5.91 Å². The van der Waals surface area contributed by atoms with Crippen LogP contribution >= 0.6 is 0 Å². The molecule has 1 saturated carbocycles. The van der Waals surface area contributed by atoms with Crippen LogP contribution in [0.25, 0.3) is 0 Å². The minimum Gasteiger partial charge on any atom is -0.353 e. The Morgan fingerprint density at radius 1 is 1.17 bits per heavy atom. The predicted molar refractivity (Wildman–Crippen MR) is 73.5 cm³/mol. The number of carbonyl (C=O) groups is 1. The van der Waals surface area contributed by atoms with Crippen molar-refractivity contribution in [2.24, 2.45) is 0 Å². The number of amides is 1. The molecule has 4 heteroatoms. The van der Waals surface area contributed by atoms with Crippen molar-refractivity contribution < 1.29 is 4.79 Å². The second-order valence-electron chi connectivity index (χ2n) is 5.73. The average molecular weight is 253 g/mol. The van der Waals surface area contributed by atoms with E-state index in [0.29, 0.717) is 18.5 Å². The molecule has 4 nitrogen and oxygen atoms in total. The largest absolute Gasteiger partial charge is 0.353 e. The van der Waals surface area contributed by atoms with Crippen molar-refractivity contribution in [3.63, 3.8) is 0 Å². The lowest BCUT2D eigenvalue weighted by molar-refractivity contribution is -0.122. The van der Waals surface area contributed by atoms with Crippen LogP contribution in [0.4, 0.5) is 0 Å². The third kappa shape index (κ3) is 4.25. The van der Waals surface area contributed by atoms with Crippen LogP contribution in [0.5, 0.6) is 0 Å². The maximum absolute atomic E-state index is 11.9. The van der Waals surface area contributed by atoms with Gasteiger partial charge in [-0.05, 0) is 32.9 Å². The number of nitrogens with zero attached hydrogens (tertiary/aromatic N) is 1. The van der Waals surface area contributed by atoms with Crippen molar-refractivity contribution in [3.8, 4) is 0 Å². The third-order valence-electron chi connectivity index (χ3n) is 4.31. The lowest BCUT2D eigenvalue weighted by atomic mass is 9.95. The fourth-order valence-electron chi connectivity index (χ4n) is 3.08. The molecule has 2 aliphatic rings. The topological polar surface area (TPSA) is 44.4 Å². The van der Waals surface area contributed by atoms with Crippen LogP contribution < -0.4 is 10.6 Å². The molecule has 0 aromatic carbocycles. The Morgan fingerprint density at radius 3 is 2.61 bits per heavy atom. The Morgan fingerprint density at radius 2 is 1.94 bits per heavy atom. The molecule has 0 aromatic rings. The molecule has 1 unspecified atom stereocenters. The van der Waals surface area contributed by atoms with E-state index in [2.05, 4.69) is 15.5 Å². The maximum Gasteiger partial charge on any atom is 0.221 e. The van der Waals surface area contributed by atoms with Gasteiger partial charge >= 0.3 is 0 Å². The van der Waals surface area contributed by atoms with Gasteiger partial charge in [0.05, 0.1) is 0 Å². The molecule has 1 saturated heterocycles. The summed E-state index contributed by atoms with van der Waals surface area (Å²) < 4.78 is 0. The molecule has 1 aliphatic heterocycles. The third-order valence-corrected chi connectivity index (χ3v) is 4.31. The first-order chi connectivity index (χ1) is 8.78. The van der Waals surface area contributed by atoms with Crippen LogP contribution in [-0.4, -0.2) is 49.6 Å². The average Bonchev–Trinajstić information content (AvgIpc) is 2.85. The first kappa shape index (κ1) is 13.8. The second kappa shape index (κ2) is 7.10. The van der Waals surface area contributed by atoms with E-state index >= 15 is 0 Å². The molecule has 1 aliphatic carbocycles. The molecule has 104 valence electrons. The number of rotatable bonds is 5. The molecular weight excluding hydrogens is 226 g/mol. The smallest absolute Gasteiger partial charge is 0.221 e. The van der Waals surface area contributed by atoms with Gasteiger partial charge < -0.3 is 15.5 Å². The fourth-order valence-corrected chi connectivity index (χ4v) is 3.08. The number of likely N-dealkylation sites (N-methyl/N-ethyl adjacent to an activating group) is 1. The summed E-state index contributed by atoms with van der Waals surface area (Å²) in [5.74, 6) is 0.245. The molecular formula is C14H27N3O. The number of carbonyl (C=O) groups excluding carboxylic acids is 1. The van der Waals surface area contributed by atoms with E-state index in [4.69, 9.17) is 0 Å². The van der Waals surface area contributed by atoms with Gasteiger partial charge in [-0.2, -0.15) is 0 Å². The zero-order valence-electron chi connectivity index (χ0n) is 11.6. The molecule has 2 N–H and O–H groups in total. The van der Waals surface area contributed by atoms with Crippen molar-refractivity contribution in [1.82, 2.24) is 15.5 Å². The zero-order valence-corrected chi connectivity index (χ0v) is 11.6. The molecule has 18 heavy (non-hydrogen) atoms. The monoisotopic (exact) mass is 253 g/mol. The van der Waals surface area contributed by atoms with E-state index in [9.17, 15) is 4.79 Å². The summed E-state index contributed by atoms with van der Waals surface area (Å²) in [6.07, 6.45) is 8.12. The van der Waals surface area contributed by atoms with Crippen LogP contribution in [-0.2, 0) is 4.79 Å². The van der Waals surface area contributed by atoms with E-state index in [1.54, 1.807) is 0 Å². The first-order valence-corrected chi connectivity index (χ1v) is 7.47. The van der Waals surface area contributed by atoms with E-state index in [0.717, 1.165) is 19.6 Å². The van der Waals surface area contributed by atoms with Crippen LogP contribution in [0, 0.1) is 0 Å². The van der Waals surface area contributed by atoms with Crippen LogP contribution in [0.2, 0.25) is 0 Å². The van der Waals surface area contributed by atoms with E-state index in [1.165, 1.54) is 38.5 Å². The van der Waals surface area contributed by atoms with Crippen molar-refractivity contribution in [3.05, 3.63) is 0 Å². The van der Waals surface area contributed by atoms with Crippen molar-refractivity contribution in [2.45, 2.75) is 57.0 Å². The maximum atomic E-state index is 11.9. The Kier molecular flexibility index (Phi) is 5.45. The Hall–Kier alpha value is -0.610. The number of hydrogen-bond donors (Lipinski definition) is 2. The van der Waals surface area contributed by atoms with Crippen molar-refractivity contribution in [2.75, 3.05) is 26.7 Å². The van der Waals surface area contributed by atoms with Gasteiger partial charge in [0.25, 0.3) is 0 Å². The molecule has 0 spiro atoms. The minimum atomic E-state index is 0.245. The second-order valence-corrected chi connectivity index (χ2v) is 5.73. The van der Waals surface area contributed by atoms with Crippen LogP contribution in [0.3, 0.4) is 0 Å². The highest BCUT2D eigenvalue weighted by Gasteiger charge is 2.21. The lowest BCUT2D eigenvalue weighted by Gasteiger charge is -2.23. The number of likely N-dealkylation sites (tertiary alicyclic amines) is 1. The molecule has 1 atom stereocenters. The molecule has 0 radical (unpaired) electrons. The molecule has 0 bridgehead atoms. The van der Waals surface area contributed by atoms with Gasteiger partial charge in [-0.1, -0.05) is 19.3 Å². The molecule has 2 rings (SSSR count). The normalized spacial score (nSPS) is 26.4. The van der Waals surface area contributed by atoms with Gasteiger partial charge in [0.15, 0.2) is 0 Å². The van der Waals surface area contributed by atoms with Crippen molar-refractivity contribution in [1.29, 1.82) is 0 Å². The van der Waals surface area contributed by atoms with Gasteiger partial charge in [-0.25, -0.2) is 0 Å². The standard InChI is InChI=1S/C14H27N3O/c1-15-13-7-9-17(11-13)10-8-14(18)16-12-5-3-2-4-6-12/h12-13,15H,2-11H2,1H3,(H,16,18). The van der Waals surface area contributed by atoms with Gasteiger partial charge in [-0.3, -0.25) is 4.79 Å². The van der Waals surface area contributed by atoms with Gasteiger partial charge in [-0.15, -0.1) is 0 Å². The summed E-state index contributed by atoms with van der Waals surface area (Å²) in [6, 6.07) is 1.07. The highest BCUT2D eigenvalue weighted by atomic mass is 16.1. The lowest BCUT2D eigenvalue weighted by Crippen LogP contribution is -2.38. The Bertz CT molecular complexity index is 264. The summed E-state index contributed by atoms with van der Waals surface area (Å²) in [5, 5.41) is 6.49. The number of nitrogens with one attached hydrogen (secondary N) is 2. The Labute approximate surface area is 110 Å². The first-order valence-electron chi connectivity index (χ1n) is 7.47. The summed E-state index contributed by atoms with van der Waals surface area (Å²) >= 11 is 0. The predicted octanol–water partition coefficient (Wildman–Crippen LogP) is 1.12. The molecule has 1 amide bonds. The highest BCUT2D eigenvalue weighted by molar-refractivity contribution is 5.76. The quantitative estimate of drug-likeness (QED) is 0.772. The van der Waals surface area contributed by atoms with Gasteiger partial charge in [0, 0.05) is 31.6 Å². The minimum absolute atomic E-state index is 0.245. The van der Waals surface area contributed by atoms with E-state index in [-0.39, 0.29) is 5.91 Å². The molecule has 0 aromatic heterocycles. The fraction of sp³-hybridized carbons (Fsp3) is 0.929. The summed E-state index contributed by atoms with van der Waals surface area (Å²) in [5.41, 5.74) is 0. The molecule has 1 heterocycles. The zero-order chi connectivity index (χ0) is 12.8. The Balaban J connectivity index is 1.59. The summed E-state index contributed by atoms with van der Waals surface area (Å²) in [7, 11) is 2.02. The van der Waals surface area contributed by atoms with Crippen molar-refractivity contribution >= 4 is 5.91 Å². The highest BCUT2D eigenvalue weighted by Crippen LogP contribution is 2.17. The number of hydrogen-bond acceptors (Lipinski definition) is 3. The van der Waals surface area contributed by atoms with E-state index in [1.807, 2.05) is 7.05 Å². The van der Waals surface area contributed by atoms with Crippen LogP contribution in [0.15, 0.2) is 0 Å². The van der Waals surface area contributed by atoms with Crippen LogP contribution in [0.1, 0.15) is 44.9 Å².